The molecule has 0 aliphatic carbocycles. The van der Waals surface area contributed by atoms with E-state index in [0.29, 0.717) is 11.7 Å². The zero-order chi connectivity index (χ0) is 11.3. The van der Waals surface area contributed by atoms with Crippen LogP contribution in [0.3, 0.4) is 0 Å². The first-order chi connectivity index (χ1) is 7.11. The van der Waals surface area contributed by atoms with E-state index < -0.39 is 0 Å². The Hall–Kier alpha value is -0.280. The maximum absolute atomic E-state index is 11.8. The average molecular weight is 287 g/mol. The van der Waals surface area contributed by atoms with Gasteiger partial charge in [0, 0.05) is 10.0 Å². The Morgan fingerprint density at radius 3 is 2.67 bits per heavy atom. The van der Waals surface area contributed by atoms with E-state index in [0.717, 1.165) is 15.8 Å². The normalized spacial score (nSPS) is 10.7. The number of Topliss-reactive ketones (excluding diaryl/α,β-unsaturated/α-hetero) is 1. The number of carbonyl (C=O) groups excluding carboxylic acids is 1. The highest BCUT2D eigenvalue weighted by Crippen LogP contribution is 2.18. The summed E-state index contributed by atoms with van der Waals surface area (Å²) in [7, 11) is 0. The number of benzene rings is 1. The Morgan fingerprint density at radius 2 is 2.07 bits per heavy atom. The summed E-state index contributed by atoms with van der Waals surface area (Å²) < 4.78 is 0.889. The first kappa shape index (κ1) is 12.8. The van der Waals surface area contributed by atoms with Gasteiger partial charge in [0.2, 0.25) is 0 Å². The summed E-state index contributed by atoms with van der Waals surface area (Å²) in [5.74, 6) is 2.45. The molecule has 0 radical (unpaired) electrons. The summed E-state index contributed by atoms with van der Waals surface area (Å²) in [6.45, 7) is 4.33. The molecule has 1 nitrogen and oxygen atoms in total. The lowest BCUT2D eigenvalue weighted by molar-refractivity contribution is 0.102. The minimum Gasteiger partial charge on any atom is -0.293 e. The van der Waals surface area contributed by atoms with Crippen molar-refractivity contribution in [1.29, 1.82) is 0 Å². The van der Waals surface area contributed by atoms with Crippen LogP contribution in [0.15, 0.2) is 28.7 Å². The second kappa shape index (κ2) is 6.33. The first-order valence-corrected chi connectivity index (χ1v) is 6.91. The number of halogens is 1. The Kier molecular flexibility index (Phi) is 5.40. The number of thioether (sulfide) groups is 1. The van der Waals surface area contributed by atoms with Crippen molar-refractivity contribution in [3.8, 4) is 0 Å². The van der Waals surface area contributed by atoms with Crippen molar-refractivity contribution in [3.63, 3.8) is 0 Å². The minimum atomic E-state index is 0.202. The van der Waals surface area contributed by atoms with Crippen LogP contribution in [0.5, 0.6) is 0 Å². The lowest BCUT2D eigenvalue weighted by Gasteiger charge is -2.05. The van der Waals surface area contributed by atoms with Gasteiger partial charge in [-0.3, -0.25) is 4.79 Å². The van der Waals surface area contributed by atoms with E-state index in [1.165, 1.54) is 0 Å². The number of carbonyl (C=O) groups is 1. The fraction of sp³-hybridized carbons (Fsp3) is 0.417. The summed E-state index contributed by atoms with van der Waals surface area (Å²) in [4.78, 5) is 11.8. The van der Waals surface area contributed by atoms with Crippen molar-refractivity contribution in [2.75, 3.05) is 11.5 Å². The maximum atomic E-state index is 11.8. The molecule has 0 aliphatic heterocycles. The molecule has 82 valence electrons. The van der Waals surface area contributed by atoms with E-state index in [4.69, 9.17) is 0 Å². The molecule has 0 heterocycles. The molecule has 0 bridgehead atoms. The van der Waals surface area contributed by atoms with Crippen LogP contribution >= 0.6 is 27.7 Å². The van der Waals surface area contributed by atoms with Gasteiger partial charge in [-0.15, -0.1) is 0 Å². The van der Waals surface area contributed by atoms with E-state index in [9.17, 15) is 4.79 Å². The lowest BCUT2D eigenvalue weighted by atomic mass is 10.1. The second-order valence-corrected chi connectivity index (χ2v) is 5.70. The van der Waals surface area contributed by atoms with E-state index in [2.05, 4.69) is 29.8 Å². The SMILES string of the molecule is CC(C)CSCC(=O)c1ccccc1Br. The molecule has 0 saturated carbocycles. The number of hydrogen-bond acceptors (Lipinski definition) is 2. The van der Waals surface area contributed by atoms with Crippen LogP contribution in [0.2, 0.25) is 0 Å². The predicted molar refractivity (Wildman–Crippen MR) is 70.6 cm³/mol. The van der Waals surface area contributed by atoms with Gasteiger partial charge in [-0.2, -0.15) is 11.8 Å². The molecule has 0 atom stereocenters. The van der Waals surface area contributed by atoms with Crippen molar-refractivity contribution in [1.82, 2.24) is 0 Å². The summed E-state index contributed by atoms with van der Waals surface area (Å²) >= 11 is 5.09. The smallest absolute Gasteiger partial charge is 0.173 e. The third-order valence-corrected chi connectivity index (χ3v) is 3.92. The van der Waals surface area contributed by atoms with Crippen LogP contribution in [0.4, 0.5) is 0 Å². The molecule has 0 unspecified atom stereocenters. The van der Waals surface area contributed by atoms with Gasteiger partial charge in [0.05, 0.1) is 5.75 Å². The van der Waals surface area contributed by atoms with Gasteiger partial charge < -0.3 is 0 Å². The van der Waals surface area contributed by atoms with Crippen molar-refractivity contribution in [3.05, 3.63) is 34.3 Å². The van der Waals surface area contributed by atoms with Gasteiger partial charge >= 0.3 is 0 Å². The van der Waals surface area contributed by atoms with E-state index in [1.54, 1.807) is 11.8 Å². The summed E-state index contributed by atoms with van der Waals surface area (Å²) in [5.41, 5.74) is 0.786. The first-order valence-electron chi connectivity index (χ1n) is 4.96. The van der Waals surface area contributed by atoms with E-state index in [-0.39, 0.29) is 5.78 Å². The topological polar surface area (TPSA) is 17.1 Å². The van der Waals surface area contributed by atoms with Gasteiger partial charge in [0.15, 0.2) is 5.78 Å². The Morgan fingerprint density at radius 1 is 1.40 bits per heavy atom. The van der Waals surface area contributed by atoms with E-state index in [1.807, 2.05) is 24.3 Å². The van der Waals surface area contributed by atoms with Crippen LogP contribution in [0.1, 0.15) is 24.2 Å². The molecular weight excluding hydrogens is 272 g/mol. The third-order valence-electron chi connectivity index (χ3n) is 1.86. The summed E-state index contributed by atoms with van der Waals surface area (Å²) in [5, 5.41) is 0. The zero-order valence-corrected chi connectivity index (χ0v) is 11.4. The highest BCUT2D eigenvalue weighted by molar-refractivity contribution is 9.10. The molecular formula is C12H15BrOS. The summed E-state index contributed by atoms with van der Waals surface area (Å²) in [6.07, 6.45) is 0. The highest BCUT2D eigenvalue weighted by atomic mass is 79.9. The van der Waals surface area contributed by atoms with Gasteiger partial charge in [0.1, 0.15) is 0 Å². The molecule has 1 rings (SSSR count). The van der Waals surface area contributed by atoms with Gasteiger partial charge in [-0.25, -0.2) is 0 Å². The Balaban J connectivity index is 2.51. The van der Waals surface area contributed by atoms with Gasteiger partial charge in [-0.05, 0) is 17.7 Å². The van der Waals surface area contributed by atoms with Crippen LogP contribution < -0.4 is 0 Å². The zero-order valence-electron chi connectivity index (χ0n) is 9.00. The van der Waals surface area contributed by atoms with E-state index >= 15 is 0 Å². The van der Waals surface area contributed by atoms with Crippen molar-refractivity contribution in [2.45, 2.75) is 13.8 Å². The molecule has 0 N–H and O–H groups in total. The molecule has 15 heavy (non-hydrogen) atoms. The molecule has 3 heteroatoms. The van der Waals surface area contributed by atoms with Crippen molar-refractivity contribution < 1.29 is 4.79 Å². The maximum Gasteiger partial charge on any atom is 0.173 e. The van der Waals surface area contributed by atoms with Crippen LogP contribution in [-0.2, 0) is 0 Å². The minimum absolute atomic E-state index is 0.202. The third kappa shape index (κ3) is 4.39. The lowest BCUT2D eigenvalue weighted by Crippen LogP contribution is -2.05. The van der Waals surface area contributed by atoms with Gasteiger partial charge in [-0.1, -0.05) is 48.0 Å². The largest absolute Gasteiger partial charge is 0.293 e. The molecule has 0 saturated heterocycles. The fourth-order valence-electron chi connectivity index (χ4n) is 1.15. The molecule has 1 aromatic carbocycles. The average Bonchev–Trinajstić information content (AvgIpc) is 2.17. The Bertz CT molecular complexity index is 336. The molecule has 0 fully saturated rings. The second-order valence-electron chi connectivity index (χ2n) is 3.81. The molecule has 0 amide bonds. The van der Waals surface area contributed by atoms with Crippen molar-refractivity contribution >= 4 is 33.5 Å². The number of rotatable bonds is 5. The molecule has 1 aromatic rings. The standard InChI is InChI=1S/C12H15BrOS/c1-9(2)7-15-8-12(14)10-5-3-4-6-11(10)13/h3-6,9H,7-8H2,1-2H3. The summed E-state index contributed by atoms with van der Waals surface area (Å²) in [6, 6.07) is 7.58. The number of ketones is 1. The number of hydrogen-bond donors (Lipinski definition) is 0. The molecule has 0 aliphatic rings. The van der Waals surface area contributed by atoms with Crippen LogP contribution in [0, 0.1) is 5.92 Å². The Labute approximate surface area is 104 Å². The van der Waals surface area contributed by atoms with Crippen LogP contribution in [0.25, 0.3) is 0 Å². The predicted octanol–water partition coefficient (Wildman–Crippen LogP) is 4.02. The van der Waals surface area contributed by atoms with Crippen molar-refractivity contribution in [2.24, 2.45) is 5.92 Å². The monoisotopic (exact) mass is 286 g/mol. The highest BCUT2D eigenvalue weighted by Gasteiger charge is 2.09. The fourth-order valence-corrected chi connectivity index (χ4v) is 2.59. The quantitative estimate of drug-likeness (QED) is 0.761. The van der Waals surface area contributed by atoms with Crippen LogP contribution in [-0.4, -0.2) is 17.3 Å². The van der Waals surface area contributed by atoms with Gasteiger partial charge in [0.25, 0.3) is 0 Å². The molecule has 0 aromatic heterocycles. The molecule has 0 spiro atoms.